The van der Waals surface area contributed by atoms with Gasteiger partial charge in [0.1, 0.15) is 11.6 Å². The van der Waals surface area contributed by atoms with Gasteiger partial charge >= 0.3 is 0 Å². The van der Waals surface area contributed by atoms with Gasteiger partial charge in [-0.1, -0.05) is 18.2 Å². The van der Waals surface area contributed by atoms with Crippen LogP contribution in [0, 0.1) is 0 Å². The number of nitrogens with one attached hydrogen (secondary N) is 3. The molecule has 8 heteroatoms. The summed E-state index contributed by atoms with van der Waals surface area (Å²) in [4.78, 5) is 27.9. The first kappa shape index (κ1) is 22.8. The molecule has 0 bridgehead atoms. The number of para-hydroxylation sites is 1. The Morgan fingerprint density at radius 2 is 1.56 bits per heavy atom. The minimum atomic E-state index is -0.282. The lowest BCUT2D eigenvalue weighted by Gasteiger charge is -2.15. The van der Waals surface area contributed by atoms with Crippen LogP contribution in [-0.2, 0) is 0 Å². The van der Waals surface area contributed by atoms with Gasteiger partial charge < -0.3 is 20.9 Å². The van der Waals surface area contributed by atoms with E-state index in [1.165, 1.54) is 6.20 Å². The van der Waals surface area contributed by atoms with Crippen molar-refractivity contribution in [3.63, 3.8) is 0 Å². The van der Waals surface area contributed by atoms with Gasteiger partial charge in [0, 0.05) is 43.3 Å². The number of hydrogen-bond donors (Lipinski definition) is 3. The van der Waals surface area contributed by atoms with Crippen LogP contribution >= 0.6 is 0 Å². The van der Waals surface area contributed by atoms with Crippen LogP contribution in [0.4, 0.5) is 34.4 Å². The van der Waals surface area contributed by atoms with Crippen molar-refractivity contribution in [3.8, 4) is 0 Å². The van der Waals surface area contributed by atoms with Crippen LogP contribution in [0.2, 0.25) is 0 Å². The first-order chi connectivity index (χ1) is 17.5. The van der Waals surface area contributed by atoms with Crippen LogP contribution in [-0.4, -0.2) is 35.0 Å². The standard InChI is InChI=1S/C28H25N7O/c1-35(2)22-10-11-24-23(16-22)25(14-15-29-24)33-26-12-8-19(17-30-26)28(36)34-27-13-9-21(18-31-27)32-20-6-4-3-5-7-20/h3-18,32H,1-2H3,(H,29,30,33)(H,31,34,36). The average Bonchev–Trinajstić information content (AvgIpc) is 2.91. The molecule has 8 nitrogen and oxygen atoms in total. The summed E-state index contributed by atoms with van der Waals surface area (Å²) in [6.45, 7) is 0. The number of pyridine rings is 3. The molecule has 2 aromatic carbocycles. The molecular weight excluding hydrogens is 450 g/mol. The molecular formula is C28H25N7O. The molecule has 0 saturated heterocycles. The second-order valence-corrected chi connectivity index (χ2v) is 8.39. The van der Waals surface area contributed by atoms with E-state index in [2.05, 4.69) is 37.0 Å². The summed E-state index contributed by atoms with van der Waals surface area (Å²) in [5, 5.41) is 10.4. The molecule has 3 aromatic heterocycles. The Morgan fingerprint density at radius 3 is 2.28 bits per heavy atom. The van der Waals surface area contributed by atoms with E-state index in [4.69, 9.17) is 0 Å². The van der Waals surface area contributed by atoms with Crippen LogP contribution in [0.3, 0.4) is 0 Å². The normalized spacial score (nSPS) is 10.6. The zero-order chi connectivity index (χ0) is 24.9. The van der Waals surface area contributed by atoms with E-state index in [1.807, 2.05) is 73.6 Å². The quantitative estimate of drug-likeness (QED) is 0.273. The smallest absolute Gasteiger partial charge is 0.258 e. The average molecular weight is 476 g/mol. The molecule has 1 amide bonds. The number of amides is 1. The fourth-order valence-corrected chi connectivity index (χ4v) is 3.68. The lowest BCUT2D eigenvalue weighted by molar-refractivity contribution is 0.102. The number of nitrogens with zero attached hydrogens (tertiary/aromatic N) is 4. The van der Waals surface area contributed by atoms with Gasteiger partial charge in [-0.3, -0.25) is 9.78 Å². The Balaban J connectivity index is 1.25. The van der Waals surface area contributed by atoms with E-state index < -0.39 is 0 Å². The highest BCUT2D eigenvalue weighted by molar-refractivity contribution is 6.03. The maximum atomic E-state index is 12.7. The largest absolute Gasteiger partial charge is 0.378 e. The fraction of sp³-hybridized carbons (Fsp3) is 0.0714. The van der Waals surface area contributed by atoms with Crippen molar-refractivity contribution in [2.75, 3.05) is 34.9 Å². The highest BCUT2D eigenvalue weighted by Gasteiger charge is 2.10. The highest BCUT2D eigenvalue weighted by Crippen LogP contribution is 2.28. The molecule has 0 radical (unpaired) electrons. The van der Waals surface area contributed by atoms with Crippen LogP contribution in [0.5, 0.6) is 0 Å². The highest BCUT2D eigenvalue weighted by atomic mass is 16.1. The number of aromatic nitrogens is 3. The summed E-state index contributed by atoms with van der Waals surface area (Å²) >= 11 is 0. The van der Waals surface area contributed by atoms with E-state index >= 15 is 0 Å². The molecule has 3 heterocycles. The van der Waals surface area contributed by atoms with Crippen LogP contribution in [0.25, 0.3) is 10.9 Å². The molecule has 0 atom stereocenters. The van der Waals surface area contributed by atoms with Gasteiger partial charge in [-0.15, -0.1) is 0 Å². The molecule has 0 aliphatic carbocycles. The lowest BCUT2D eigenvalue weighted by atomic mass is 10.1. The molecule has 178 valence electrons. The molecule has 3 N–H and O–H groups in total. The monoisotopic (exact) mass is 475 g/mol. The first-order valence-corrected chi connectivity index (χ1v) is 11.4. The van der Waals surface area contributed by atoms with E-state index in [-0.39, 0.29) is 5.91 Å². The minimum absolute atomic E-state index is 0.282. The third-order valence-corrected chi connectivity index (χ3v) is 5.60. The van der Waals surface area contributed by atoms with Crippen molar-refractivity contribution in [1.29, 1.82) is 0 Å². The summed E-state index contributed by atoms with van der Waals surface area (Å²) in [5.41, 5.74) is 5.09. The van der Waals surface area contributed by atoms with E-state index in [1.54, 1.807) is 30.6 Å². The van der Waals surface area contributed by atoms with Crippen LogP contribution < -0.4 is 20.9 Å². The summed E-state index contributed by atoms with van der Waals surface area (Å²) in [5.74, 6) is 0.805. The summed E-state index contributed by atoms with van der Waals surface area (Å²) in [7, 11) is 4.00. The maximum Gasteiger partial charge on any atom is 0.258 e. The van der Waals surface area contributed by atoms with Gasteiger partial charge in [-0.25, -0.2) is 9.97 Å². The molecule has 0 aliphatic heterocycles. The molecule has 0 unspecified atom stereocenters. The van der Waals surface area contributed by atoms with Gasteiger partial charge in [-0.05, 0) is 60.7 Å². The third kappa shape index (κ3) is 5.23. The first-order valence-electron chi connectivity index (χ1n) is 11.4. The van der Waals surface area contributed by atoms with Crippen molar-refractivity contribution in [2.24, 2.45) is 0 Å². The van der Waals surface area contributed by atoms with Crippen molar-refractivity contribution < 1.29 is 4.79 Å². The van der Waals surface area contributed by atoms with E-state index in [0.29, 0.717) is 17.2 Å². The van der Waals surface area contributed by atoms with Gasteiger partial charge in [-0.2, -0.15) is 0 Å². The predicted molar refractivity (Wildman–Crippen MR) is 146 cm³/mol. The molecule has 36 heavy (non-hydrogen) atoms. The molecule has 5 rings (SSSR count). The number of carbonyl (C=O) groups excluding carboxylic acids is 1. The predicted octanol–water partition coefficient (Wildman–Crippen LogP) is 5.83. The fourth-order valence-electron chi connectivity index (χ4n) is 3.68. The second-order valence-electron chi connectivity index (χ2n) is 8.39. The summed E-state index contributed by atoms with van der Waals surface area (Å²) in [6.07, 6.45) is 4.97. The Hall–Kier alpha value is -4.98. The number of anilines is 6. The molecule has 0 saturated carbocycles. The third-order valence-electron chi connectivity index (χ3n) is 5.60. The zero-order valence-electron chi connectivity index (χ0n) is 19.9. The van der Waals surface area contributed by atoms with Gasteiger partial charge in [0.25, 0.3) is 5.91 Å². The van der Waals surface area contributed by atoms with Gasteiger partial charge in [0.2, 0.25) is 0 Å². The number of rotatable bonds is 7. The molecule has 5 aromatic rings. The number of carbonyl (C=O) groups is 1. The summed E-state index contributed by atoms with van der Waals surface area (Å²) in [6, 6.07) is 25.0. The van der Waals surface area contributed by atoms with Crippen molar-refractivity contribution in [2.45, 2.75) is 0 Å². The van der Waals surface area contributed by atoms with Crippen molar-refractivity contribution in [3.05, 3.63) is 103 Å². The number of fused-ring (bicyclic) bond motifs is 1. The molecule has 0 aliphatic rings. The number of hydrogen-bond acceptors (Lipinski definition) is 7. The molecule has 0 spiro atoms. The van der Waals surface area contributed by atoms with Crippen LogP contribution in [0.15, 0.2) is 97.5 Å². The van der Waals surface area contributed by atoms with E-state index in [9.17, 15) is 4.79 Å². The lowest BCUT2D eigenvalue weighted by Crippen LogP contribution is -2.13. The maximum absolute atomic E-state index is 12.7. The Kier molecular flexibility index (Phi) is 6.40. The summed E-state index contributed by atoms with van der Waals surface area (Å²) < 4.78 is 0. The Bertz CT molecular complexity index is 1480. The SMILES string of the molecule is CN(C)c1ccc2nccc(Nc3ccc(C(=O)Nc4ccc(Nc5ccccc5)cn4)cn3)c2c1. The zero-order valence-corrected chi connectivity index (χ0v) is 19.9. The van der Waals surface area contributed by atoms with Crippen molar-refractivity contribution >= 4 is 51.2 Å². The Morgan fingerprint density at radius 1 is 0.750 bits per heavy atom. The van der Waals surface area contributed by atoms with Gasteiger partial charge in [0.15, 0.2) is 0 Å². The second kappa shape index (κ2) is 10.1. The number of benzene rings is 2. The van der Waals surface area contributed by atoms with Gasteiger partial charge in [0.05, 0.1) is 28.7 Å². The van der Waals surface area contributed by atoms with Crippen LogP contribution in [0.1, 0.15) is 10.4 Å². The topological polar surface area (TPSA) is 95.1 Å². The minimum Gasteiger partial charge on any atom is -0.378 e. The van der Waals surface area contributed by atoms with E-state index in [0.717, 1.165) is 33.7 Å². The Labute approximate surface area is 209 Å². The molecule has 0 fully saturated rings. The van der Waals surface area contributed by atoms with Crippen molar-refractivity contribution in [1.82, 2.24) is 15.0 Å².